The molecule has 0 bridgehead atoms. The van der Waals surface area contributed by atoms with Crippen LogP contribution in [0.3, 0.4) is 0 Å². The van der Waals surface area contributed by atoms with Crippen LogP contribution in [-0.4, -0.2) is 45.0 Å². The molecule has 0 radical (unpaired) electrons. The van der Waals surface area contributed by atoms with Gasteiger partial charge in [-0.1, -0.05) is 25.8 Å². The lowest BCUT2D eigenvalue weighted by molar-refractivity contribution is -0.132. The Bertz CT molecular complexity index is 742. The van der Waals surface area contributed by atoms with Gasteiger partial charge in [-0.05, 0) is 42.5 Å². The maximum atomic E-state index is 12.6. The molecule has 3 rings (SSSR count). The van der Waals surface area contributed by atoms with Gasteiger partial charge in [0.25, 0.3) is 0 Å². The number of amides is 1. The summed E-state index contributed by atoms with van der Waals surface area (Å²) >= 11 is 0. The van der Waals surface area contributed by atoms with Gasteiger partial charge in [0.1, 0.15) is 0 Å². The standard InChI is InChI=1S/C19H28N2O4S/c1-2-3-4-5-19(22)21-10-8-15-12-18(7-6-16(15)13-21)26(23,24)20-17-9-11-25-14-17/h6-7,12,17,20H,2-5,8-11,13-14H2,1H3. The number of carbonyl (C=O) groups excluding carboxylic acids is 1. The van der Waals surface area contributed by atoms with E-state index in [4.69, 9.17) is 4.74 Å². The molecule has 1 atom stereocenters. The topological polar surface area (TPSA) is 75.7 Å². The zero-order valence-corrected chi connectivity index (χ0v) is 16.2. The maximum Gasteiger partial charge on any atom is 0.240 e. The normalized spacial score (nSPS) is 20.2. The monoisotopic (exact) mass is 380 g/mol. The molecular weight excluding hydrogens is 352 g/mol. The average molecular weight is 381 g/mol. The number of hydrogen-bond acceptors (Lipinski definition) is 4. The molecule has 2 aliphatic rings. The second kappa shape index (κ2) is 8.50. The minimum Gasteiger partial charge on any atom is -0.380 e. The van der Waals surface area contributed by atoms with E-state index in [0.717, 1.165) is 30.4 Å². The van der Waals surface area contributed by atoms with E-state index in [9.17, 15) is 13.2 Å². The molecule has 1 unspecified atom stereocenters. The van der Waals surface area contributed by atoms with Crippen molar-refractivity contribution in [2.75, 3.05) is 19.8 Å². The van der Waals surface area contributed by atoms with Gasteiger partial charge >= 0.3 is 0 Å². The first-order chi connectivity index (χ1) is 12.5. The van der Waals surface area contributed by atoms with Gasteiger partial charge in [0.15, 0.2) is 0 Å². The maximum absolute atomic E-state index is 12.6. The van der Waals surface area contributed by atoms with Crippen molar-refractivity contribution in [1.82, 2.24) is 9.62 Å². The number of fused-ring (bicyclic) bond motifs is 1. The molecule has 1 amide bonds. The Labute approximate surface area is 156 Å². The largest absolute Gasteiger partial charge is 0.380 e. The van der Waals surface area contributed by atoms with Crippen molar-refractivity contribution in [2.45, 2.75) is 62.9 Å². The number of benzene rings is 1. The molecule has 0 aromatic heterocycles. The van der Waals surface area contributed by atoms with Crippen molar-refractivity contribution in [3.8, 4) is 0 Å². The SMILES string of the molecule is CCCCCC(=O)N1CCc2cc(S(=O)(=O)NC3CCOC3)ccc2C1. The van der Waals surface area contributed by atoms with Gasteiger partial charge in [0, 0.05) is 32.2 Å². The summed E-state index contributed by atoms with van der Waals surface area (Å²) in [5.74, 6) is 0.198. The molecule has 1 N–H and O–H groups in total. The number of rotatable bonds is 7. The van der Waals surface area contributed by atoms with E-state index in [1.807, 2.05) is 11.0 Å². The highest BCUT2D eigenvalue weighted by molar-refractivity contribution is 7.89. The Morgan fingerprint density at radius 3 is 2.88 bits per heavy atom. The van der Waals surface area contributed by atoms with Gasteiger partial charge in [0.2, 0.25) is 15.9 Å². The quantitative estimate of drug-likeness (QED) is 0.736. The highest BCUT2D eigenvalue weighted by atomic mass is 32.2. The zero-order chi connectivity index (χ0) is 18.6. The van der Waals surface area contributed by atoms with E-state index in [2.05, 4.69) is 11.6 Å². The summed E-state index contributed by atoms with van der Waals surface area (Å²) in [6, 6.07) is 5.10. The Balaban J connectivity index is 1.65. The molecule has 6 nitrogen and oxygen atoms in total. The van der Waals surface area contributed by atoms with Crippen molar-refractivity contribution in [2.24, 2.45) is 0 Å². The molecule has 0 saturated carbocycles. The number of ether oxygens (including phenoxy) is 1. The summed E-state index contributed by atoms with van der Waals surface area (Å²) in [5.41, 5.74) is 2.07. The second-order valence-electron chi connectivity index (χ2n) is 7.13. The van der Waals surface area contributed by atoms with Crippen LogP contribution in [0.25, 0.3) is 0 Å². The van der Waals surface area contributed by atoms with Crippen LogP contribution in [0.1, 0.15) is 50.2 Å². The molecular formula is C19H28N2O4S. The summed E-state index contributed by atoms with van der Waals surface area (Å²) < 4.78 is 33.1. The third-order valence-electron chi connectivity index (χ3n) is 5.10. The number of hydrogen-bond donors (Lipinski definition) is 1. The van der Waals surface area contributed by atoms with Gasteiger partial charge < -0.3 is 9.64 Å². The number of nitrogens with zero attached hydrogens (tertiary/aromatic N) is 1. The van der Waals surface area contributed by atoms with E-state index in [0.29, 0.717) is 50.5 Å². The lowest BCUT2D eigenvalue weighted by Crippen LogP contribution is -2.37. The van der Waals surface area contributed by atoms with Gasteiger partial charge in [-0.15, -0.1) is 0 Å². The van der Waals surface area contributed by atoms with E-state index >= 15 is 0 Å². The van der Waals surface area contributed by atoms with Crippen LogP contribution in [0.2, 0.25) is 0 Å². The summed E-state index contributed by atoms with van der Waals surface area (Å²) in [4.78, 5) is 14.5. The number of carbonyl (C=O) groups is 1. The zero-order valence-electron chi connectivity index (χ0n) is 15.4. The Hall–Kier alpha value is -1.44. The summed E-state index contributed by atoms with van der Waals surface area (Å²) in [6.07, 6.45) is 5.13. The molecule has 0 spiro atoms. The van der Waals surface area contributed by atoms with Crippen LogP contribution in [0.4, 0.5) is 0 Å². The highest BCUT2D eigenvalue weighted by Crippen LogP contribution is 2.24. The summed E-state index contributed by atoms with van der Waals surface area (Å²) in [6.45, 7) is 4.39. The predicted molar refractivity (Wildman–Crippen MR) is 99.3 cm³/mol. The van der Waals surface area contributed by atoms with E-state index < -0.39 is 10.0 Å². The van der Waals surface area contributed by atoms with Crippen LogP contribution in [0.5, 0.6) is 0 Å². The lowest BCUT2D eigenvalue weighted by atomic mass is 9.99. The minimum absolute atomic E-state index is 0.146. The smallest absolute Gasteiger partial charge is 0.240 e. The summed E-state index contributed by atoms with van der Waals surface area (Å²) in [5, 5.41) is 0. The Kier molecular flexibility index (Phi) is 6.32. The Morgan fingerprint density at radius 2 is 2.15 bits per heavy atom. The molecule has 26 heavy (non-hydrogen) atoms. The fourth-order valence-electron chi connectivity index (χ4n) is 3.51. The molecule has 2 heterocycles. The molecule has 2 aliphatic heterocycles. The average Bonchev–Trinajstić information content (AvgIpc) is 3.13. The van der Waals surface area contributed by atoms with Crippen LogP contribution >= 0.6 is 0 Å². The first-order valence-electron chi connectivity index (χ1n) is 9.49. The minimum atomic E-state index is -3.53. The van der Waals surface area contributed by atoms with Crippen LogP contribution < -0.4 is 4.72 Å². The first-order valence-corrected chi connectivity index (χ1v) is 11.0. The molecule has 1 aromatic rings. The molecule has 144 valence electrons. The number of nitrogens with one attached hydrogen (secondary N) is 1. The third-order valence-corrected chi connectivity index (χ3v) is 6.62. The number of unbranched alkanes of at least 4 members (excludes halogenated alkanes) is 2. The van der Waals surface area contributed by atoms with Gasteiger partial charge in [-0.25, -0.2) is 13.1 Å². The molecule has 1 fully saturated rings. The van der Waals surface area contributed by atoms with E-state index in [1.54, 1.807) is 12.1 Å². The van der Waals surface area contributed by atoms with Crippen molar-refractivity contribution >= 4 is 15.9 Å². The van der Waals surface area contributed by atoms with Gasteiger partial charge in [0.05, 0.1) is 11.5 Å². The summed E-state index contributed by atoms with van der Waals surface area (Å²) in [7, 11) is -3.53. The van der Waals surface area contributed by atoms with Crippen LogP contribution in [0.15, 0.2) is 23.1 Å². The van der Waals surface area contributed by atoms with E-state index in [-0.39, 0.29) is 11.9 Å². The molecule has 0 aliphatic carbocycles. The second-order valence-corrected chi connectivity index (χ2v) is 8.85. The van der Waals surface area contributed by atoms with E-state index in [1.165, 1.54) is 0 Å². The molecule has 1 aromatic carbocycles. The van der Waals surface area contributed by atoms with Crippen molar-refractivity contribution in [1.29, 1.82) is 0 Å². The highest BCUT2D eigenvalue weighted by Gasteiger charge is 2.26. The van der Waals surface area contributed by atoms with Crippen LogP contribution in [0, 0.1) is 0 Å². The first kappa shape index (κ1) is 19.3. The van der Waals surface area contributed by atoms with Gasteiger partial charge in [-0.3, -0.25) is 4.79 Å². The lowest BCUT2D eigenvalue weighted by Gasteiger charge is -2.29. The van der Waals surface area contributed by atoms with Crippen LogP contribution in [-0.2, 0) is 32.5 Å². The number of sulfonamides is 1. The van der Waals surface area contributed by atoms with Crippen molar-refractivity contribution in [3.05, 3.63) is 29.3 Å². The van der Waals surface area contributed by atoms with Gasteiger partial charge in [-0.2, -0.15) is 0 Å². The third kappa shape index (κ3) is 4.64. The van der Waals surface area contributed by atoms with Crippen molar-refractivity contribution < 1.29 is 17.9 Å². The Morgan fingerprint density at radius 1 is 1.31 bits per heavy atom. The predicted octanol–water partition coefficient (Wildman–Crippen LogP) is 2.22. The van der Waals surface area contributed by atoms with Crippen molar-refractivity contribution in [3.63, 3.8) is 0 Å². The molecule has 7 heteroatoms. The molecule has 1 saturated heterocycles. The fourth-order valence-corrected chi connectivity index (χ4v) is 4.81. The fraction of sp³-hybridized carbons (Fsp3) is 0.632.